The van der Waals surface area contributed by atoms with Gasteiger partial charge in [-0.05, 0) is 72.5 Å². The summed E-state index contributed by atoms with van der Waals surface area (Å²) in [5, 5.41) is 9.51. The molecule has 0 fully saturated rings. The molecule has 2 aromatic heterocycles. The average Bonchev–Trinajstić information content (AvgIpc) is 3.31. The molecule has 3 N–H and O–H groups in total. The van der Waals surface area contributed by atoms with Crippen LogP contribution in [0.3, 0.4) is 0 Å². The van der Waals surface area contributed by atoms with E-state index in [0.29, 0.717) is 18.7 Å². The first kappa shape index (κ1) is 20.5. The van der Waals surface area contributed by atoms with Crippen molar-refractivity contribution >= 4 is 11.9 Å². The summed E-state index contributed by atoms with van der Waals surface area (Å²) in [4.78, 5) is 25.9. The molecule has 1 amide bonds. The Labute approximate surface area is 182 Å². The van der Waals surface area contributed by atoms with E-state index in [9.17, 15) is 4.79 Å². The highest BCUT2D eigenvalue weighted by atomic mass is 16.1. The summed E-state index contributed by atoms with van der Waals surface area (Å²) in [7, 11) is 0. The fraction of sp³-hybridized carbons (Fsp3) is 0.250. The maximum atomic E-state index is 12.9. The van der Waals surface area contributed by atoms with E-state index in [4.69, 9.17) is 0 Å². The summed E-state index contributed by atoms with van der Waals surface area (Å²) >= 11 is 0. The normalized spacial score (nSPS) is 12.8. The molecule has 1 aromatic carbocycles. The lowest BCUT2D eigenvalue weighted by Gasteiger charge is -2.13. The summed E-state index contributed by atoms with van der Waals surface area (Å²) in [5.74, 6) is 0.675. The molecular weight excluding hydrogens is 388 g/mol. The van der Waals surface area contributed by atoms with Crippen molar-refractivity contribution in [3.05, 3.63) is 82.9 Å². The van der Waals surface area contributed by atoms with Gasteiger partial charge in [0, 0.05) is 49.0 Å². The van der Waals surface area contributed by atoms with Gasteiger partial charge in [-0.3, -0.25) is 19.8 Å². The van der Waals surface area contributed by atoms with E-state index in [0.717, 1.165) is 52.7 Å². The lowest BCUT2D eigenvalue weighted by atomic mass is 9.99. The van der Waals surface area contributed by atoms with Crippen LogP contribution in [-0.2, 0) is 13.1 Å². The van der Waals surface area contributed by atoms with Gasteiger partial charge in [0.15, 0.2) is 5.96 Å². The molecule has 0 spiro atoms. The van der Waals surface area contributed by atoms with Crippen molar-refractivity contribution in [2.24, 2.45) is 4.99 Å². The molecule has 1 aliphatic rings. The van der Waals surface area contributed by atoms with Gasteiger partial charge >= 0.3 is 0 Å². The molecule has 0 saturated carbocycles. The lowest BCUT2D eigenvalue weighted by Crippen LogP contribution is -2.33. The van der Waals surface area contributed by atoms with E-state index >= 15 is 0 Å². The number of benzene rings is 1. The highest BCUT2D eigenvalue weighted by Crippen LogP contribution is 2.23. The second-order valence-corrected chi connectivity index (χ2v) is 7.61. The standard InChI is InChI=1S/C24H26N6O/c1-16-3-4-18(13-28-16)14-29-23(31)22-11-19(15-30-24-26-7-8-27-24)10-21(12-22)20-5-6-25-17(2)9-20/h3-6,9-13H,7-8,14-15H2,1-2H3,(H,29,31)(H2,26,27,30). The molecule has 158 valence electrons. The van der Waals surface area contributed by atoms with Crippen molar-refractivity contribution in [3.8, 4) is 11.1 Å². The minimum atomic E-state index is -0.120. The van der Waals surface area contributed by atoms with Crippen LogP contribution in [0.2, 0.25) is 0 Å². The van der Waals surface area contributed by atoms with Crippen LogP contribution < -0.4 is 16.0 Å². The third-order valence-corrected chi connectivity index (χ3v) is 5.04. The van der Waals surface area contributed by atoms with Crippen molar-refractivity contribution in [1.82, 2.24) is 25.9 Å². The van der Waals surface area contributed by atoms with Crippen LogP contribution in [0.25, 0.3) is 11.1 Å². The zero-order valence-corrected chi connectivity index (χ0v) is 17.8. The average molecular weight is 415 g/mol. The monoisotopic (exact) mass is 414 g/mol. The predicted molar refractivity (Wildman–Crippen MR) is 122 cm³/mol. The van der Waals surface area contributed by atoms with Crippen molar-refractivity contribution in [3.63, 3.8) is 0 Å². The van der Waals surface area contributed by atoms with Gasteiger partial charge in [-0.1, -0.05) is 6.07 Å². The van der Waals surface area contributed by atoms with E-state index in [1.807, 2.05) is 50.2 Å². The topological polar surface area (TPSA) is 91.3 Å². The first-order chi connectivity index (χ1) is 15.1. The highest BCUT2D eigenvalue weighted by molar-refractivity contribution is 5.95. The largest absolute Gasteiger partial charge is 0.355 e. The summed E-state index contributed by atoms with van der Waals surface area (Å²) < 4.78 is 0. The van der Waals surface area contributed by atoms with Gasteiger partial charge in [0.1, 0.15) is 0 Å². The summed E-state index contributed by atoms with van der Waals surface area (Å²) in [6.45, 7) is 6.53. The van der Waals surface area contributed by atoms with Gasteiger partial charge < -0.3 is 16.0 Å². The number of hydrogen-bond donors (Lipinski definition) is 3. The molecule has 0 saturated heterocycles. The van der Waals surface area contributed by atoms with Gasteiger partial charge in [0.05, 0.1) is 6.54 Å². The van der Waals surface area contributed by atoms with Crippen molar-refractivity contribution < 1.29 is 4.79 Å². The van der Waals surface area contributed by atoms with Gasteiger partial charge in [-0.25, -0.2) is 0 Å². The quantitative estimate of drug-likeness (QED) is 0.577. The maximum Gasteiger partial charge on any atom is 0.251 e. The van der Waals surface area contributed by atoms with E-state index < -0.39 is 0 Å². The van der Waals surface area contributed by atoms with Crippen LogP contribution >= 0.6 is 0 Å². The van der Waals surface area contributed by atoms with Crippen LogP contribution in [0, 0.1) is 13.8 Å². The summed E-state index contributed by atoms with van der Waals surface area (Å²) in [5.41, 5.74) is 6.48. The fourth-order valence-electron chi connectivity index (χ4n) is 3.41. The molecule has 7 nitrogen and oxygen atoms in total. The van der Waals surface area contributed by atoms with Crippen LogP contribution in [0.5, 0.6) is 0 Å². The summed E-state index contributed by atoms with van der Waals surface area (Å²) in [6.07, 6.45) is 3.58. The van der Waals surface area contributed by atoms with Crippen molar-refractivity contribution in [2.45, 2.75) is 26.9 Å². The van der Waals surface area contributed by atoms with Crippen molar-refractivity contribution in [1.29, 1.82) is 0 Å². The molecule has 3 heterocycles. The Morgan fingerprint density at radius 1 is 0.968 bits per heavy atom. The van der Waals surface area contributed by atoms with Crippen LogP contribution in [0.4, 0.5) is 0 Å². The molecule has 0 atom stereocenters. The van der Waals surface area contributed by atoms with E-state index in [1.54, 1.807) is 12.4 Å². The second-order valence-electron chi connectivity index (χ2n) is 7.61. The number of aliphatic imine (C=N–C) groups is 1. The van der Waals surface area contributed by atoms with Crippen LogP contribution in [-0.4, -0.2) is 34.9 Å². The second kappa shape index (κ2) is 9.38. The first-order valence-electron chi connectivity index (χ1n) is 10.4. The van der Waals surface area contributed by atoms with Crippen LogP contribution in [0.15, 0.2) is 59.9 Å². The Hall–Kier alpha value is -3.74. The van der Waals surface area contributed by atoms with Crippen molar-refractivity contribution in [2.75, 3.05) is 13.1 Å². The zero-order valence-electron chi connectivity index (χ0n) is 17.8. The minimum absolute atomic E-state index is 0.120. The Balaban J connectivity index is 1.56. The Kier molecular flexibility index (Phi) is 6.21. The molecule has 0 aliphatic carbocycles. The molecule has 4 rings (SSSR count). The molecule has 0 unspecified atom stereocenters. The minimum Gasteiger partial charge on any atom is -0.355 e. The van der Waals surface area contributed by atoms with Gasteiger partial charge in [0.2, 0.25) is 0 Å². The smallest absolute Gasteiger partial charge is 0.251 e. The van der Waals surface area contributed by atoms with Crippen LogP contribution in [0.1, 0.15) is 32.9 Å². The third kappa shape index (κ3) is 5.45. The number of carbonyl (C=O) groups is 1. The Bertz CT molecular complexity index is 1110. The number of nitrogens with one attached hydrogen (secondary N) is 3. The molecule has 31 heavy (non-hydrogen) atoms. The first-order valence-corrected chi connectivity index (χ1v) is 10.4. The molecule has 3 aromatic rings. The third-order valence-electron chi connectivity index (χ3n) is 5.04. The molecule has 0 radical (unpaired) electrons. The molecule has 0 bridgehead atoms. The van der Waals surface area contributed by atoms with E-state index in [1.165, 1.54) is 0 Å². The Morgan fingerprint density at radius 2 is 1.87 bits per heavy atom. The SMILES string of the molecule is Cc1ccc(CNC(=O)c2cc(CNC3=NCCN3)cc(-c3ccnc(C)c3)c2)cn1. The molecule has 7 heteroatoms. The van der Waals surface area contributed by atoms with Gasteiger partial charge in [0.25, 0.3) is 5.91 Å². The number of hydrogen-bond acceptors (Lipinski definition) is 6. The van der Waals surface area contributed by atoms with E-state index in [-0.39, 0.29) is 5.91 Å². The summed E-state index contributed by atoms with van der Waals surface area (Å²) in [6, 6.07) is 13.8. The number of nitrogens with zero attached hydrogens (tertiary/aromatic N) is 3. The maximum absolute atomic E-state index is 12.9. The number of guanidine groups is 1. The highest BCUT2D eigenvalue weighted by Gasteiger charge is 2.12. The number of aromatic nitrogens is 2. The zero-order chi connectivity index (χ0) is 21.6. The number of aryl methyl sites for hydroxylation is 2. The fourth-order valence-corrected chi connectivity index (χ4v) is 3.41. The van der Waals surface area contributed by atoms with Gasteiger partial charge in [-0.2, -0.15) is 0 Å². The molecule has 1 aliphatic heterocycles. The number of rotatable bonds is 6. The number of pyridine rings is 2. The number of carbonyl (C=O) groups excluding carboxylic acids is 1. The van der Waals surface area contributed by atoms with E-state index in [2.05, 4.69) is 37.0 Å². The predicted octanol–water partition coefficient (Wildman–Crippen LogP) is 2.74. The lowest BCUT2D eigenvalue weighted by molar-refractivity contribution is 0.0951. The Morgan fingerprint density at radius 3 is 2.61 bits per heavy atom. The molecular formula is C24H26N6O. The number of amides is 1. The van der Waals surface area contributed by atoms with Gasteiger partial charge in [-0.15, -0.1) is 0 Å².